The monoisotopic (exact) mass is 356 g/mol. The maximum Gasteiger partial charge on any atom is 0.206 e. The number of sulfone groups is 1. The summed E-state index contributed by atoms with van der Waals surface area (Å²) in [6.07, 6.45) is 3.40. The minimum absolute atomic E-state index is 0.302. The normalized spacial score (nSPS) is 11.4. The van der Waals surface area contributed by atoms with Gasteiger partial charge in [-0.25, -0.2) is 18.4 Å². The molecule has 0 aliphatic rings. The standard InChI is InChI=1S/C18H16N2O2S2/c1-14-3-7-16(8-4-14)24(21,22)17-9-5-15(6-10-17)13-23-18-19-11-2-12-20-18/h2-12H,13H2,1H3. The molecule has 0 atom stereocenters. The molecule has 0 saturated heterocycles. The van der Waals surface area contributed by atoms with E-state index in [4.69, 9.17) is 0 Å². The highest BCUT2D eigenvalue weighted by Crippen LogP contribution is 2.23. The van der Waals surface area contributed by atoms with Crippen LogP contribution < -0.4 is 0 Å². The molecule has 3 rings (SSSR count). The van der Waals surface area contributed by atoms with Gasteiger partial charge >= 0.3 is 0 Å². The second-order valence-electron chi connectivity index (χ2n) is 5.28. The number of hydrogen-bond donors (Lipinski definition) is 0. The number of nitrogens with zero attached hydrogens (tertiary/aromatic N) is 2. The Kier molecular flexibility index (Phi) is 4.97. The van der Waals surface area contributed by atoms with Crippen LogP contribution in [0.2, 0.25) is 0 Å². The number of rotatable bonds is 5. The molecule has 0 radical (unpaired) electrons. The van der Waals surface area contributed by atoms with Gasteiger partial charge in [-0.05, 0) is 42.8 Å². The third-order valence-electron chi connectivity index (χ3n) is 3.47. The largest absolute Gasteiger partial charge is 0.231 e. The molecule has 6 heteroatoms. The van der Waals surface area contributed by atoms with Crippen LogP contribution in [-0.2, 0) is 15.6 Å². The molecular formula is C18H16N2O2S2. The first-order chi connectivity index (χ1) is 11.6. The van der Waals surface area contributed by atoms with Crippen molar-refractivity contribution in [3.8, 4) is 0 Å². The number of aromatic nitrogens is 2. The Labute approximate surface area is 145 Å². The van der Waals surface area contributed by atoms with E-state index >= 15 is 0 Å². The van der Waals surface area contributed by atoms with Crippen LogP contribution in [0.5, 0.6) is 0 Å². The average Bonchev–Trinajstić information content (AvgIpc) is 2.61. The topological polar surface area (TPSA) is 59.9 Å². The van der Waals surface area contributed by atoms with Gasteiger partial charge in [0, 0.05) is 18.1 Å². The number of benzene rings is 2. The second-order valence-corrected chi connectivity index (χ2v) is 8.17. The highest BCUT2D eigenvalue weighted by molar-refractivity contribution is 7.98. The Bertz CT molecular complexity index is 907. The lowest BCUT2D eigenvalue weighted by Crippen LogP contribution is -2.02. The van der Waals surface area contributed by atoms with Crippen LogP contribution >= 0.6 is 11.8 Å². The van der Waals surface area contributed by atoms with Crippen LogP contribution in [0.4, 0.5) is 0 Å². The van der Waals surface area contributed by atoms with E-state index in [0.29, 0.717) is 20.7 Å². The third kappa shape index (κ3) is 3.83. The quantitative estimate of drug-likeness (QED) is 0.512. The van der Waals surface area contributed by atoms with Gasteiger partial charge in [0.1, 0.15) is 0 Å². The maximum atomic E-state index is 12.6. The van der Waals surface area contributed by atoms with Gasteiger partial charge in [0.25, 0.3) is 0 Å². The van der Waals surface area contributed by atoms with E-state index in [1.165, 1.54) is 11.8 Å². The Hall–Kier alpha value is -2.18. The minimum Gasteiger partial charge on any atom is -0.231 e. The first-order valence-corrected chi connectivity index (χ1v) is 9.83. The predicted molar refractivity (Wildman–Crippen MR) is 94.7 cm³/mol. The van der Waals surface area contributed by atoms with E-state index < -0.39 is 9.84 Å². The van der Waals surface area contributed by atoms with Gasteiger partial charge in [-0.2, -0.15) is 0 Å². The number of aryl methyl sites for hydroxylation is 1. The second kappa shape index (κ2) is 7.15. The van der Waals surface area contributed by atoms with Crippen molar-refractivity contribution in [2.75, 3.05) is 0 Å². The van der Waals surface area contributed by atoms with Crippen molar-refractivity contribution in [3.63, 3.8) is 0 Å². The van der Waals surface area contributed by atoms with Crippen LogP contribution in [0, 0.1) is 6.92 Å². The SMILES string of the molecule is Cc1ccc(S(=O)(=O)c2ccc(CSc3ncccn3)cc2)cc1. The molecule has 0 bridgehead atoms. The van der Waals surface area contributed by atoms with E-state index in [-0.39, 0.29) is 0 Å². The highest BCUT2D eigenvalue weighted by Gasteiger charge is 2.17. The first kappa shape index (κ1) is 16.7. The lowest BCUT2D eigenvalue weighted by molar-refractivity contribution is 0.596. The molecule has 4 nitrogen and oxygen atoms in total. The van der Waals surface area contributed by atoms with Crippen molar-refractivity contribution >= 4 is 21.6 Å². The summed E-state index contributed by atoms with van der Waals surface area (Å²) < 4.78 is 25.2. The lowest BCUT2D eigenvalue weighted by Gasteiger charge is -2.06. The zero-order chi connectivity index (χ0) is 17.0. The zero-order valence-electron chi connectivity index (χ0n) is 13.1. The molecule has 0 unspecified atom stereocenters. The summed E-state index contributed by atoms with van der Waals surface area (Å²) in [7, 11) is -3.47. The molecule has 24 heavy (non-hydrogen) atoms. The van der Waals surface area contributed by atoms with Gasteiger partial charge in [-0.3, -0.25) is 0 Å². The van der Waals surface area contributed by atoms with Gasteiger partial charge < -0.3 is 0 Å². The fraction of sp³-hybridized carbons (Fsp3) is 0.111. The molecule has 0 spiro atoms. The van der Waals surface area contributed by atoms with Gasteiger partial charge in [0.05, 0.1) is 9.79 Å². The summed E-state index contributed by atoms with van der Waals surface area (Å²) >= 11 is 1.51. The molecular weight excluding hydrogens is 340 g/mol. The number of thioether (sulfide) groups is 1. The molecule has 0 saturated carbocycles. The molecule has 0 N–H and O–H groups in total. The first-order valence-electron chi connectivity index (χ1n) is 7.36. The number of hydrogen-bond acceptors (Lipinski definition) is 5. The van der Waals surface area contributed by atoms with Crippen molar-refractivity contribution in [2.45, 2.75) is 27.6 Å². The van der Waals surface area contributed by atoms with Crippen molar-refractivity contribution in [3.05, 3.63) is 78.1 Å². The zero-order valence-corrected chi connectivity index (χ0v) is 14.7. The fourth-order valence-corrected chi connectivity index (χ4v) is 4.15. The minimum atomic E-state index is -3.47. The van der Waals surface area contributed by atoms with E-state index in [1.807, 2.05) is 19.1 Å². The summed E-state index contributed by atoms with van der Waals surface area (Å²) in [6.45, 7) is 1.93. The lowest BCUT2D eigenvalue weighted by atomic mass is 10.2. The Morgan fingerprint density at radius 3 is 2.00 bits per heavy atom. The molecule has 3 aromatic rings. The summed E-state index contributed by atoms with van der Waals surface area (Å²) in [4.78, 5) is 8.92. The van der Waals surface area contributed by atoms with Crippen molar-refractivity contribution < 1.29 is 8.42 Å². The van der Waals surface area contributed by atoms with E-state index in [0.717, 1.165) is 11.1 Å². The molecule has 122 valence electrons. The van der Waals surface area contributed by atoms with Gasteiger partial charge in [-0.1, -0.05) is 41.6 Å². The smallest absolute Gasteiger partial charge is 0.206 e. The van der Waals surface area contributed by atoms with Crippen LogP contribution in [0.25, 0.3) is 0 Å². The van der Waals surface area contributed by atoms with Crippen molar-refractivity contribution in [1.29, 1.82) is 0 Å². The van der Waals surface area contributed by atoms with Crippen LogP contribution in [0.15, 0.2) is 81.9 Å². The Balaban J connectivity index is 1.75. The van der Waals surface area contributed by atoms with Crippen LogP contribution in [0.3, 0.4) is 0 Å². The molecule has 2 aromatic carbocycles. The molecule has 0 aliphatic carbocycles. The summed E-state index contributed by atoms with van der Waals surface area (Å²) in [5, 5.41) is 0.703. The van der Waals surface area contributed by atoms with E-state index in [9.17, 15) is 8.42 Å². The third-order valence-corrected chi connectivity index (χ3v) is 6.21. The summed E-state index contributed by atoms with van der Waals surface area (Å²) in [5.41, 5.74) is 2.06. The fourth-order valence-electron chi connectivity index (χ4n) is 2.13. The molecule has 1 aromatic heterocycles. The average molecular weight is 356 g/mol. The van der Waals surface area contributed by atoms with E-state index in [2.05, 4.69) is 9.97 Å². The van der Waals surface area contributed by atoms with Gasteiger partial charge in [-0.15, -0.1) is 0 Å². The summed E-state index contributed by atoms with van der Waals surface area (Å²) in [6, 6.07) is 15.6. The molecule has 0 fully saturated rings. The van der Waals surface area contributed by atoms with Crippen LogP contribution in [0.1, 0.15) is 11.1 Å². The van der Waals surface area contributed by atoms with E-state index in [1.54, 1.807) is 54.9 Å². The predicted octanol–water partition coefficient (Wildman–Crippen LogP) is 3.91. The van der Waals surface area contributed by atoms with Crippen molar-refractivity contribution in [1.82, 2.24) is 9.97 Å². The summed E-state index contributed by atoms with van der Waals surface area (Å²) in [5.74, 6) is 0.689. The van der Waals surface area contributed by atoms with Crippen molar-refractivity contribution in [2.24, 2.45) is 0 Å². The Morgan fingerprint density at radius 1 is 0.875 bits per heavy atom. The Morgan fingerprint density at radius 2 is 1.42 bits per heavy atom. The molecule has 1 heterocycles. The highest BCUT2D eigenvalue weighted by atomic mass is 32.2. The van der Waals surface area contributed by atoms with Gasteiger partial charge in [0.15, 0.2) is 5.16 Å². The van der Waals surface area contributed by atoms with Crippen LogP contribution in [-0.4, -0.2) is 18.4 Å². The van der Waals surface area contributed by atoms with Gasteiger partial charge in [0.2, 0.25) is 9.84 Å². The molecule has 0 aliphatic heterocycles. The molecule has 0 amide bonds. The maximum absolute atomic E-state index is 12.6.